The Bertz CT molecular complexity index is 955. The van der Waals surface area contributed by atoms with Crippen LogP contribution in [-0.2, 0) is 5.75 Å². The smallest absolute Gasteiger partial charge is 0.255 e. The van der Waals surface area contributed by atoms with Crippen LogP contribution in [0.25, 0.3) is 0 Å². The standard InChI is InChI=1S/C22H19ClN2O2S/c1-24-21(26)16-6-10-19(11-7-16)25-22(27)17-4-2-15(3-5-17)14-28-20-12-8-18(23)9-13-20/h2-13H,14H2,1H3,(H,24,26)(H,25,27). The van der Waals surface area contributed by atoms with Gasteiger partial charge in [0, 0.05) is 39.5 Å². The first-order valence-electron chi connectivity index (χ1n) is 8.66. The van der Waals surface area contributed by atoms with E-state index in [2.05, 4.69) is 10.6 Å². The van der Waals surface area contributed by atoms with Crippen molar-refractivity contribution in [3.63, 3.8) is 0 Å². The first-order chi connectivity index (χ1) is 13.5. The molecule has 0 bridgehead atoms. The molecule has 0 aromatic heterocycles. The van der Waals surface area contributed by atoms with E-state index in [1.807, 2.05) is 48.5 Å². The van der Waals surface area contributed by atoms with E-state index in [-0.39, 0.29) is 11.8 Å². The molecule has 0 unspecified atom stereocenters. The number of amides is 2. The zero-order valence-electron chi connectivity index (χ0n) is 15.2. The summed E-state index contributed by atoms with van der Waals surface area (Å²) in [6.45, 7) is 0. The van der Waals surface area contributed by atoms with Crippen LogP contribution in [0.15, 0.2) is 77.7 Å². The number of anilines is 1. The van der Waals surface area contributed by atoms with Crippen molar-refractivity contribution in [1.82, 2.24) is 5.32 Å². The summed E-state index contributed by atoms with van der Waals surface area (Å²) in [5.74, 6) is 0.458. The van der Waals surface area contributed by atoms with Gasteiger partial charge in [0.2, 0.25) is 0 Å². The first-order valence-corrected chi connectivity index (χ1v) is 10.0. The number of hydrogen-bond donors (Lipinski definition) is 2. The Morgan fingerprint density at radius 2 is 1.39 bits per heavy atom. The topological polar surface area (TPSA) is 58.2 Å². The second-order valence-electron chi connectivity index (χ2n) is 6.05. The third-order valence-corrected chi connectivity index (χ3v) is 5.40. The molecule has 0 aliphatic heterocycles. The van der Waals surface area contributed by atoms with Gasteiger partial charge < -0.3 is 10.6 Å². The van der Waals surface area contributed by atoms with Gasteiger partial charge in [-0.15, -0.1) is 11.8 Å². The minimum Gasteiger partial charge on any atom is -0.355 e. The molecule has 4 nitrogen and oxygen atoms in total. The second kappa shape index (κ2) is 9.44. The van der Waals surface area contributed by atoms with Gasteiger partial charge in [-0.3, -0.25) is 9.59 Å². The summed E-state index contributed by atoms with van der Waals surface area (Å²) in [7, 11) is 1.58. The van der Waals surface area contributed by atoms with Gasteiger partial charge in [0.05, 0.1) is 0 Å². The SMILES string of the molecule is CNC(=O)c1ccc(NC(=O)c2ccc(CSc3ccc(Cl)cc3)cc2)cc1. The summed E-state index contributed by atoms with van der Waals surface area (Å²) in [6.07, 6.45) is 0. The van der Waals surface area contributed by atoms with E-state index in [1.165, 1.54) is 0 Å². The number of rotatable bonds is 6. The van der Waals surface area contributed by atoms with Crippen LogP contribution in [0.2, 0.25) is 5.02 Å². The highest BCUT2D eigenvalue weighted by atomic mass is 35.5. The predicted molar refractivity (Wildman–Crippen MR) is 115 cm³/mol. The first kappa shape index (κ1) is 20.0. The van der Waals surface area contributed by atoms with E-state index in [0.29, 0.717) is 16.8 Å². The summed E-state index contributed by atoms with van der Waals surface area (Å²) < 4.78 is 0. The van der Waals surface area contributed by atoms with Crippen LogP contribution < -0.4 is 10.6 Å². The van der Waals surface area contributed by atoms with E-state index in [4.69, 9.17) is 11.6 Å². The molecule has 0 heterocycles. The lowest BCUT2D eigenvalue weighted by molar-refractivity contribution is 0.0962. The number of carbonyl (C=O) groups is 2. The van der Waals surface area contributed by atoms with Gasteiger partial charge in [0.1, 0.15) is 0 Å². The zero-order chi connectivity index (χ0) is 19.9. The summed E-state index contributed by atoms with van der Waals surface area (Å²) in [5.41, 5.74) is 2.89. The van der Waals surface area contributed by atoms with Crippen molar-refractivity contribution in [2.24, 2.45) is 0 Å². The van der Waals surface area contributed by atoms with Gasteiger partial charge >= 0.3 is 0 Å². The van der Waals surface area contributed by atoms with E-state index < -0.39 is 0 Å². The lowest BCUT2D eigenvalue weighted by Crippen LogP contribution is -2.17. The Morgan fingerprint density at radius 3 is 2.00 bits per heavy atom. The highest BCUT2D eigenvalue weighted by Gasteiger charge is 2.08. The molecule has 0 aliphatic carbocycles. The van der Waals surface area contributed by atoms with Crippen molar-refractivity contribution in [2.45, 2.75) is 10.6 Å². The molecule has 2 amide bonds. The summed E-state index contributed by atoms with van der Waals surface area (Å²) in [5, 5.41) is 6.12. The highest BCUT2D eigenvalue weighted by Crippen LogP contribution is 2.24. The maximum Gasteiger partial charge on any atom is 0.255 e. The second-order valence-corrected chi connectivity index (χ2v) is 7.54. The summed E-state index contributed by atoms with van der Waals surface area (Å²) in [6, 6.07) is 22.0. The van der Waals surface area contributed by atoms with E-state index in [1.54, 1.807) is 43.1 Å². The van der Waals surface area contributed by atoms with Gasteiger partial charge in [-0.1, -0.05) is 23.7 Å². The molecular weight excluding hydrogens is 392 g/mol. The Hall–Kier alpha value is -2.76. The average Bonchev–Trinajstić information content (AvgIpc) is 2.73. The molecule has 3 aromatic rings. The monoisotopic (exact) mass is 410 g/mol. The number of carbonyl (C=O) groups excluding carboxylic acids is 2. The lowest BCUT2D eigenvalue weighted by Gasteiger charge is -2.07. The molecule has 0 radical (unpaired) electrons. The third kappa shape index (κ3) is 5.38. The van der Waals surface area contributed by atoms with Crippen molar-refractivity contribution < 1.29 is 9.59 Å². The maximum atomic E-state index is 12.4. The molecule has 142 valence electrons. The predicted octanol–water partition coefficient (Wildman–Crippen LogP) is 5.24. The molecule has 0 saturated carbocycles. The molecule has 0 fully saturated rings. The third-order valence-electron chi connectivity index (χ3n) is 4.07. The fraction of sp³-hybridized carbons (Fsp3) is 0.0909. The molecule has 28 heavy (non-hydrogen) atoms. The van der Waals surface area contributed by atoms with Gasteiger partial charge in [-0.05, 0) is 66.2 Å². The molecule has 0 spiro atoms. The van der Waals surface area contributed by atoms with Crippen LogP contribution in [-0.4, -0.2) is 18.9 Å². The molecule has 3 aromatic carbocycles. The molecule has 2 N–H and O–H groups in total. The number of nitrogens with one attached hydrogen (secondary N) is 2. The van der Waals surface area contributed by atoms with Gasteiger partial charge in [-0.2, -0.15) is 0 Å². The number of halogens is 1. The Balaban J connectivity index is 1.57. The normalized spacial score (nSPS) is 10.4. The molecule has 0 atom stereocenters. The van der Waals surface area contributed by atoms with Crippen molar-refractivity contribution >= 4 is 40.9 Å². The zero-order valence-corrected chi connectivity index (χ0v) is 16.8. The van der Waals surface area contributed by atoms with Crippen LogP contribution >= 0.6 is 23.4 Å². The minimum absolute atomic E-state index is 0.162. The van der Waals surface area contributed by atoms with Gasteiger partial charge in [0.15, 0.2) is 0 Å². The van der Waals surface area contributed by atoms with Crippen molar-refractivity contribution in [3.8, 4) is 0 Å². The molecular formula is C22H19ClN2O2S. The lowest BCUT2D eigenvalue weighted by atomic mass is 10.1. The van der Waals surface area contributed by atoms with Crippen molar-refractivity contribution in [3.05, 3.63) is 94.5 Å². The molecule has 6 heteroatoms. The number of thioether (sulfide) groups is 1. The van der Waals surface area contributed by atoms with E-state index >= 15 is 0 Å². The van der Waals surface area contributed by atoms with Gasteiger partial charge in [0.25, 0.3) is 11.8 Å². The van der Waals surface area contributed by atoms with Crippen LogP contribution in [0.4, 0.5) is 5.69 Å². The fourth-order valence-corrected chi connectivity index (χ4v) is 3.48. The Morgan fingerprint density at radius 1 is 0.821 bits per heavy atom. The van der Waals surface area contributed by atoms with Crippen LogP contribution in [0.5, 0.6) is 0 Å². The van der Waals surface area contributed by atoms with Crippen LogP contribution in [0.1, 0.15) is 26.3 Å². The van der Waals surface area contributed by atoms with E-state index in [9.17, 15) is 9.59 Å². The number of benzene rings is 3. The maximum absolute atomic E-state index is 12.4. The van der Waals surface area contributed by atoms with Crippen LogP contribution in [0.3, 0.4) is 0 Å². The quantitative estimate of drug-likeness (QED) is 0.546. The fourth-order valence-electron chi connectivity index (χ4n) is 2.50. The van der Waals surface area contributed by atoms with Crippen LogP contribution in [0, 0.1) is 0 Å². The molecule has 3 rings (SSSR count). The Kier molecular flexibility index (Phi) is 6.74. The molecule has 0 saturated heterocycles. The Labute approximate surface area is 173 Å². The average molecular weight is 411 g/mol. The highest BCUT2D eigenvalue weighted by molar-refractivity contribution is 7.98. The van der Waals surface area contributed by atoms with Crippen molar-refractivity contribution in [1.29, 1.82) is 0 Å². The number of hydrogen-bond acceptors (Lipinski definition) is 3. The largest absolute Gasteiger partial charge is 0.355 e. The molecule has 0 aliphatic rings. The van der Waals surface area contributed by atoms with Gasteiger partial charge in [-0.25, -0.2) is 0 Å². The minimum atomic E-state index is -0.190. The van der Waals surface area contributed by atoms with Crippen molar-refractivity contribution in [2.75, 3.05) is 12.4 Å². The summed E-state index contributed by atoms with van der Waals surface area (Å²) in [4.78, 5) is 25.1. The summed E-state index contributed by atoms with van der Waals surface area (Å²) >= 11 is 7.61. The van der Waals surface area contributed by atoms with E-state index in [0.717, 1.165) is 21.2 Å².